The zero-order valence-electron chi connectivity index (χ0n) is 14.3. The lowest BCUT2D eigenvalue weighted by Gasteiger charge is -2.08. The molecule has 0 atom stereocenters. The Labute approximate surface area is 145 Å². The van der Waals surface area contributed by atoms with Crippen LogP contribution in [-0.4, -0.2) is 42.1 Å². The number of nitro benzene ring substituents is 1. The summed E-state index contributed by atoms with van der Waals surface area (Å²) >= 11 is 0. The summed E-state index contributed by atoms with van der Waals surface area (Å²) < 4.78 is 10.6. The molecule has 0 amide bonds. The van der Waals surface area contributed by atoms with Crippen molar-refractivity contribution in [2.45, 2.75) is 33.1 Å². The lowest BCUT2D eigenvalue weighted by Crippen LogP contribution is -2.13. The second-order valence-corrected chi connectivity index (χ2v) is 5.35. The molecule has 25 heavy (non-hydrogen) atoms. The van der Waals surface area contributed by atoms with Gasteiger partial charge < -0.3 is 9.47 Å². The molecule has 0 saturated heterocycles. The van der Waals surface area contributed by atoms with Gasteiger partial charge in [-0.2, -0.15) is 0 Å². The molecule has 0 aliphatic rings. The summed E-state index contributed by atoms with van der Waals surface area (Å²) in [6.07, 6.45) is -0.299. The van der Waals surface area contributed by atoms with Crippen LogP contribution in [0.5, 0.6) is 5.75 Å². The highest BCUT2D eigenvalue weighted by Crippen LogP contribution is 2.25. The minimum atomic E-state index is -0.710. The quantitative estimate of drug-likeness (QED) is 0.187. The monoisotopic (exact) mass is 351 g/mol. The van der Waals surface area contributed by atoms with Crippen molar-refractivity contribution < 1.29 is 28.8 Å². The molecule has 1 aromatic rings. The van der Waals surface area contributed by atoms with Gasteiger partial charge in [0.1, 0.15) is 17.3 Å². The third-order valence-electron chi connectivity index (χ3n) is 3.17. The molecule has 0 bridgehead atoms. The fourth-order valence-corrected chi connectivity index (χ4v) is 2.10. The van der Waals surface area contributed by atoms with Crippen LogP contribution in [0.1, 0.15) is 43.5 Å². The summed E-state index contributed by atoms with van der Waals surface area (Å²) in [5, 5.41) is 11.1. The molecule has 0 aliphatic heterocycles. The number of benzene rings is 1. The molecule has 0 unspecified atom stereocenters. The number of nitrogens with zero attached hydrogens (tertiary/aromatic N) is 1. The van der Waals surface area contributed by atoms with E-state index in [0.29, 0.717) is 32.0 Å². The Bertz CT molecular complexity index is 654. The lowest BCUT2D eigenvalue weighted by molar-refractivity contribution is -0.385. The van der Waals surface area contributed by atoms with Crippen molar-refractivity contribution in [2.24, 2.45) is 0 Å². The van der Waals surface area contributed by atoms with Crippen LogP contribution in [0.25, 0.3) is 0 Å². The Hall–Kier alpha value is -2.61. The predicted molar refractivity (Wildman–Crippen MR) is 89.0 cm³/mol. The Morgan fingerprint density at radius 1 is 1.16 bits per heavy atom. The molecule has 1 aromatic carbocycles. The largest absolute Gasteiger partial charge is 0.493 e. The first-order chi connectivity index (χ1) is 11.8. The van der Waals surface area contributed by atoms with Crippen LogP contribution >= 0.6 is 0 Å². The highest BCUT2D eigenvalue weighted by Gasteiger charge is 2.23. The first-order valence-electron chi connectivity index (χ1n) is 7.88. The standard InChI is InChI=1S/C17H21NO7/c1-3-24-7-4-8-25-14-5-6-16(18(22)23)15(11-14)17(21)10-13(20)9-12(2)19/h5-6,11H,3-4,7-10H2,1-2H3. The zero-order chi connectivity index (χ0) is 18.8. The van der Waals surface area contributed by atoms with Crippen LogP contribution in [-0.2, 0) is 14.3 Å². The number of Topliss-reactive ketones (excluding diaryl/α,β-unsaturated/α-hetero) is 3. The minimum Gasteiger partial charge on any atom is -0.493 e. The second kappa shape index (κ2) is 10.3. The number of nitro groups is 1. The van der Waals surface area contributed by atoms with Crippen LogP contribution in [0.2, 0.25) is 0 Å². The van der Waals surface area contributed by atoms with E-state index in [9.17, 15) is 24.5 Å². The lowest BCUT2D eigenvalue weighted by atomic mass is 10.0. The third-order valence-corrected chi connectivity index (χ3v) is 3.17. The Balaban J connectivity index is 2.84. The van der Waals surface area contributed by atoms with E-state index in [4.69, 9.17) is 9.47 Å². The first-order valence-corrected chi connectivity index (χ1v) is 7.88. The summed E-state index contributed by atoms with van der Waals surface area (Å²) in [4.78, 5) is 45.2. The number of ether oxygens (including phenoxy) is 2. The van der Waals surface area contributed by atoms with E-state index in [1.54, 1.807) is 0 Å². The SMILES string of the molecule is CCOCCCOc1ccc([N+](=O)[O-])c(C(=O)CC(=O)CC(C)=O)c1. The number of carbonyl (C=O) groups is 3. The van der Waals surface area contributed by atoms with E-state index < -0.39 is 28.6 Å². The zero-order valence-corrected chi connectivity index (χ0v) is 14.3. The van der Waals surface area contributed by atoms with Gasteiger partial charge in [0.15, 0.2) is 5.78 Å². The highest BCUT2D eigenvalue weighted by molar-refractivity contribution is 6.13. The molecule has 0 aromatic heterocycles. The van der Waals surface area contributed by atoms with E-state index in [1.807, 2.05) is 6.92 Å². The van der Waals surface area contributed by atoms with E-state index in [2.05, 4.69) is 0 Å². The summed E-state index contributed by atoms with van der Waals surface area (Å²) in [6.45, 7) is 4.57. The molecular formula is C17H21NO7. The van der Waals surface area contributed by atoms with Gasteiger partial charge in [-0.1, -0.05) is 0 Å². The summed E-state index contributed by atoms with van der Waals surface area (Å²) in [5.74, 6) is -1.35. The molecule has 0 heterocycles. The van der Waals surface area contributed by atoms with Gasteiger partial charge in [0.25, 0.3) is 5.69 Å². The molecule has 0 aliphatic carbocycles. The van der Waals surface area contributed by atoms with Gasteiger partial charge in [-0.25, -0.2) is 0 Å². The number of carbonyl (C=O) groups excluding carboxylic acids is 3. The van der Waals surface area contributed by atoms with Gasteiger partial charge in [0.2, 0.25) is 0 Å². The van der Waals surface area contributed by atoms with Crippen molar-refractivity contribution in [1.82, 2.24) is 0 Å². The maximum atomic E-state index is 12.2. The van der Waals surface area contributed by atoms with Gasteiger partial charge in [-0.3, -0.25) is 24.5 Å². The summed E-state index contributed by atoms with van der Waals surface area (Å²) in [6, 6.07) is 3.82. The predicted octanol–water partition coefficient (Wildman–Crippen LogP) is 2.52. The number of hydrogen-bond donors (Lipinski definition) is 0. The van der Waals surface area contributed by atoms with Crippen LogP contribution in [0.3, 0.4) is 0 Å². The van der Waals surface area contributed by atoms with Crippen LogP contribution in [0.15, 0.2) is 18.2 Å². The van der Waals surface area contributed by atoms with E-state index in [1.165, 1.54) is 25.1 Å². The third kappa shape index (κ3) is 7.21. The van der Waals surface area contributed by atoms with Crippen LogP contribution in [0, 0.1) is 10.1 Å². The Morgan fingerprint density at radius 2 is 1.88 bits per heavy atom. The molecule has 8 heteroatoms. The topological polar surface area (TPSA) is 113 Å². The van der Waals surface area contributed by atoms with E-state index in [-0.39, 0.29) is 17.8 Å². The number of hydrogen-bond acceptors (Lipinski definition) is 7. The van der Waals surface area contributed by atoms with Gasteiger partial charge in [0, 0.05) is 25.7 Å². The molecule has 1 rings (SSSR count). The van der Waals surface area contributed by atoms with Gasteiger partial charge in [-0.05, 0) is 26.0 Å². The average molecular weight is 351 g/mol. The number of rotatable bonds is 12. The van der Waals surface area contributed by atoms with Gasteiger partial charge in [-0.15, -0.1) is 0 Å². The molecule has 0 saturated carbocycles. The Kier molecular flexibility index (Phi) is 8.42. The van der Waals surface area contributed by atoms with Crippen LogP contribution in [0.4, 0.5) is 5.69 Å². The van der Waals surface area contributed by atoms with Crippen molar-refractivity contribution in [3.8, 4) is 5.75 Å². The highest BCUT2D eigenvalue weighted by atomic mass is 16.6. The second-order valence-electron chi connectivity index (χ2n) is 5.35. The summed E-state index contributed by atoms with van der Waals surface area (Å²) in [7, 11) is 0. The molecular weight excluding hydrogens is 330 g/mol. The molecule has 0 fully saturated rings. The van der Waals surface area contributed by atoms with Crippen molar-refractivity contribution in [2.75, 3.05) is 19.8 Å². The van der Waals surface area contributed by atoms with E-state index >= 15 is 0 Å². The summed E-state index contributed by atoms with van der Waals surface area (Å²) in [5.41, 5.74) is -0.605. The molecule has 0 spiro atoms. The van der Waals surface area contributed by atoms with E-state index in [0.717, 1.165) is 0 Å². The Morgan fingerprint density at radius 3 is 2.48 bits per heavy atom. The average Bonchev–Trinajstić information content (AvgIpc) is 2.53. The molecule has 8 nitrogen and oxygen atoms in total. The maximum Gasteiger partial charge on any atom is 0.280 e. The molecule has 0 N–H and O–H groups in total. The fourth-order valence-electron chi connectivity index (χ4n) is 2.10. The molecule has 136 valence electrons. The normalized spacial score (nSPS) is 10.3. The molecule has 0 radical (unpaired) electrons. The smallest absolute Gasteiger partial charge is 0.280 e. The van der Waals surface area contributed by atoms with Gasteiger partial charge >= 0.3 is 0 Å². The minimum absolute atomic E-state index is 0.204. The fraction of sp³-hybridized carbons (Fsp3) is 0.471. The van der Waals surface area contributed by atoms with Crippen molar-refractivity contribution in [3.63, 3.8) is 0 Å². The maximum absolute atomic E-state index is 12.2. The van der Waals surface area contributed by atoms with Gasteiger partial charge in [0.05, 0.1) is 29.9 Å². The van der Waals surface area contributed by atoms with Crippen molar-refractivity contribution >= 4 is 23.0 Å². The van der Waals surface area contributed by atoms with Crippen LogP contribution < -0.4 is 4.74 Å². The first kappa shape index (κ1) is 20.4. The van der Waals surface area contributed by atoms with Crippen molar-refractivity contribution in [1.29, 1.82) is 0 Å². The number of ketones is 3. The van der Waals surface area contributed by atoms with Crippen molar-refractivity contribution in [3.05, 3.63) is 33.9 Å².